The van der Waals surface area contributed by atoms with Crippen molar-refractivity contribution in [3.8, 4) is 0 Å². The predicted molar refractivity (Wildman–Crippen MR) is 100 cm³/mol. The molecule has 1 aliphatic heterocycles. The topological polar surface area (TPSA) is 58.8 Å². The molecule has 5 nitrogen and oxygen atoms in total. The van der Waals surface area contributed by atoms with Gasteiger partial charge in [0.2, 0.25) is 5.91 Å². The highest BCUT2D eigenvalue weighted by atomic mass is 16.5. The molecular weight excluding hydrogens is 314 g/mol. The van der Waals surface area contributed by atoms with Crippen LogP contribution in [-0.2, 0) is 9.53 Å². The number of ether oxygens (including phenoxy) is 1. The first-order valence-electron chi connectivity index (χ1n) is 10.5. The molecule has 1 saturated heterocycles. The van der Waals surface area contributed by atoms with E-state index in [0.717, 1.165) is 58.6 Å². The van der Waals surface area contributed by atoms with E-state index >= 15 is 0 Å². The number of nitrogens with zero attached hydrogens (tertiary/aromatic N) is 2. The molecule has 0 aromatic rings. The monoisotopic (exact) mass is 351 g/mol. The van der Waals surface area contributed by atoms with Crippen LogP contribution in [0, 0.1) is 17.8 Å². The van der Waals surface area contributed by atoms with Gasteiger partial charge in [0.15, 0.2) is 0 Å². The number of hydrogen-bond acceptors (Lipinski definition) is 4. The van der Waals surface area contributed by atoms with Gasteiger partial charge in [0, 0.05) is 31.6 Å². The van der Waals surface area contributed by atoms with E-state index in [9.17, 15) is 4.79 Å². The summed E-state index contributed by atoms with van der Waals surface area (Å²) in [6.45, 7) is 9.93. The average molecular weight is 352 g/mol. The summed E-state index contributed by atoms with van der Waals surface area (Å²) in [5.74, 6) is 1.73. The van der Waals surface area contributed by atoms with Gasteiger partial charge in [-0.2, -0.15) is 0 Å². The summed E-state index contributed by atoms with van der Waals surface area (Å²) in [5, 5.41) is 0. The third-order valence-corrected chi connectivity index (χ3v) is 6.87. The molecule has 0 radical (unpaired) electrons. The van der Waals surface area contributed by atoms with E-state index in [-0.39, 0.29) is 12.0 Å². The summed E-state index contributed by atoms with van der Waals surface area (Å²) in [6.07, 6.45) is 6.99. The molecule has 144 valence electrons. The lowest BCUT2D eigenvalue weighted by molar-refractivity contribution is -0.138. The molecule has 3 aliphatic rings. The van der Waals surface area contributed by atoms with Gasteiger partial charge in [0.25, 0.3) is 0 Å². The zero-order chi connectivity index (χ0) is 17.8. The van der Waals surface area contributed by atoms with Crippen LogP contribution in [0.1, 0.15) is 52.4 Å². The van der Waals surface area contributed by atoms with Crippen LogP contribution in [0.5, 0.6) is 0 Å². The highest BCUT2D eigenvalue weighted by Gasteiger charge is 2.42. The Bertz CT molecular complexity index is 427. The Morgan fingerprint density at radius 3 is 2.48 bits per heavy atom. The minimum Gasteiger partial charge on any atom is -0.375 e. The number of amides is 1. The number of fused-ring (bicyclic) bond motifs is 2. The van der Waals surface area contributed by atoms with Crippen molar-refractivity contribution in [2.24, 2.45) is 23.5 Å². The first-order valence-corrected chi connectivity index (χ1v) is 10.5. The Labute approximate surface area is 153 Å². The molecule has 5 heteroatoms. The van der Waals surface area contributed by atoms with E-state index < -0.39 is 0 Å². The second-order valence-corrected chi connectivity index (χ2v) is 8.29. The zero-order valence-electron chi connectivity index (χ0n) is 16.2. The quantitative estimate of drug-likeness (QED) is 0.763. The van der Waals surface area contributed by atoms with Crippen LogP contribution in [0.15, 0.2) is 0 Å². The molecule has 2 N–H and O–H groups in total. The number of carbonyl (C=O) groups is 1. The predicted octanol–water partition coefficient (Wildman–Crippen LogP) is 2.10. The molecule has 3 rings (SSSR count). The van der Waals surface area contributed by atoms with Crippen LogP contribution in [0.2, 0.25) is 0 Å². The number of nitrogens with two attached hydrogens (primary N) is 1. The fourth-order valence-electron chi connectivity index (χ4n) is 5.20. The number of likely N-dealkylation sites (N-methyl/N-ethyl adjacent to an activating group) is 1. The van der Waals surface area contributed by atoms with Crippen LogP contribution in [0.3, 0.4) is 0 Å². The Balaban J connectivity index is 1.43. The lowest BCUT2D eigenvalue weighted by Crippen LogP contribution is -2.49. The van der Waals surface area contributed by atoms with Gasteiger partial charge in [-0.25, -0.2) is 0 Å². The standard InChI is InChI=1S/C20H37N3O2/c1-3-22(4-2)10-11-25-18-8-9-23(14-18)20(24)17-12-15-6-5-7-16(13-17)19(15)21/h15-19H,3-14,21H2,1-2H3. The third-order valence-electron chi connectivity index (χ3n) is 6.87. The van der Waals surface area contributed by atoms with Gasteiger partial charge in [0.1, 0.15) is 0 Å². The highest BCUT2D eigenvalue weighted by molar-refractivity contribution is 5.79. The van der Waals surface area contributed by atoms with Crippen molar-refractivity contribution >= 4 is 5.91 Å². The zero-order valence-corrected chi connectivity index (χ0v) is 16.2. The van der Waals surface area contributed by atoms with E-state index in [1.54, 1.807) is 0 Å². The third kappa shape index (κ3) is 4.55. The van der Waals surface area contributed by atoms with Crippen LogP contribution < -0.4 is 5.73 Å². The minimum absolute atomic E-state index is 0.213. The molecule has 2 bridgehead atoms. The summed E-state index contributed by atoms with van der Waals surface area (Å²) in [7, 11) is 0. The van der Waals surface area contributed by atoms with Crippen molar-refractivity contribution in [1.82, 2.24) is 9.80 Å². The van der Waals surface area contributed by atoms with E-state index in [0.29, 0.717) is 23.8 Å². The van der Waals surface area contributed by atoms with Gasteiger partial charge in [0.05, 0.1) is 12.7 Å². The average Bonchev–Trinajstić information content (AvgIpc) is 3.07. The van der Waals surface area contributed by atoms with Crippen LogP contribution >= 0.6 is 0 Å². The summed E-state index contributed by atoms with van der Waals surface area (Å²) in [4.78, 5) is 17.4. The molecule has 2 saturated carbocycles. The molecule has 1 heterocycles. The molecule has 0 aromatic heterocycles. The molecular formula is C20H37N3O2. The fraction of sp³-hybridized carbons (Fsp3) is 0.950. The molecule has 3 unspecified atom stereocenters. The Kier molecular flexibility index (Phi) is 6.75. The minimum atomic E-state index is 0.213. The highest BCUT2D eigenvalue weighted by Crippen LogP contribution is 2.42. The van der Waals surface area contributed by atoms with Crippen molar-refractivity contribution in [2.75, 3.05) is 39.3 Å². The first-order chi connectivity index (χ1) is 12.1. The number of carbonyl (C=O) groups excluding carboxylic acids is 1. The van der Waals surface area contributed by atoms with Crippen molar-refractivity contribution in [3.63, 3.8) is 0 Å². The lowest BCUT2D eigenvalue weighted by Gasteiger charge is -2.44. The van der Waals surface area contributed by atoms with E-state index in [4.69, 9.17) is 10.5 Å². The van der Waals surface area contributed by atoms with Gasteiger partial charge in [-0.05, 0) is 57.0 Å². The van der Waals surface area contributed by atoms with E-state index in [2.05, 4.69) is 23.6 Å². The normalized spacial score (nSPS) is 35.4. The maximum absolute atomic E-state index is 13.0. The van der Waals surface area contributed by atoms with Crippen LogP contribution in [0.25, 0.3) is 0 Å². The van der Waals surface area contributed by atoms with Crippen molar-refractivity contribution in [3.05, 3.63) is 0 Å². The fourth-order valence-corrected chi connectivity index (χ4v) is 5.20. The second-order valence-electron chi connectivity index (χ2n) is 8.29. The molecule has 1 amide bonds. The molecule has 3 atom stereocenters. The number of hydrogen-bond donors (Lipinski definition) is 1. The Morgan fingerprint density at radius 2 is 1.84 bits per heavy atom. The Morgan fingerprint density at radius 1 is 1.16 bits per heavy atom. The van der Waals surface area contributed by atoms with E-state index in [1.807, 2.05) is 0 Å². The second kappa shape index (κ2) is 8.83. The van der Waals surface area contributed by atoms with Crippen molar-refractivity contribution < 1.29 is 9.53 Å². The van der Waals surface area contributed by atoms with Gasteiger partial charge in [-0.15, -0.1) is 0 Å². The van der Waals surface area contributed by atoms with Crippen LogP contribution in [0.4, 0.5) is 0 Å². The largest absolute Gasteiger partial charge is 0.375 e. The van der Waals surface area contributed by atoms with Crippen molar-refractivity contribution in [1.29, 1.82) is 0 Å². The molecule has 3 fully saturated rings. The number of rotatable bonds is 7. The first kappa shape index (κ1) is 19.1. The van der Waals surface area contributed by atoms with Gasteiger partial charge in [-0.1, -0.05) is 20.3 Å². The summed E-state index contributed by atoms with van der Waals surface area (Å²) in [6, 6.07) is 0.340. The molecule has 25 heavy (non-hydrogen) atoms. The lowest BCUT2D eigenvalue weighted by atomic mass is 9.65. The molecule has 0 aromatic carbocycles. The van der Waals surface area contributed by atoms with Crippen molar-refractivity contribution in [2.45, 2.75) is 64.5 Å². The van der Waals surface area contributed by atoms with Crippen LogP contribution in [-0.4, -0.2) is 67.2 Å². The summed E-state index contributed by atoms with van der Waals surface area (Å²) < 4.78 is 6.04. The van der Waals surface area contributed by atoms with E-state index in [1.165, 1.54) is 19.3 Å². The molecule has 2 aliphatic carbocycles. The van der Waals surface area contributed by atoms with Gasteiger partial charge in [-0.3, -0.25) is 4.79 Å². The maximum atomic E-state index is 13.0. The number of likely N-dealkylation sites (tertiary alicyclic amines) is 1. The smallest absolute Gasteiger partial charge is 0.225 e. The van der Waals surface area contributed by atoms with Gasteiger partial charge >= 0.3 is 0 Å². The maximum Gasteiger partial charge on any atom is 0.225 e. The summed E-state index contributed by atoms with van der Waals surface area (Å²) >= 11 is 0. The van der Waals surface area contributed by atoms with Gasteiger partial charge < -0.3 is 20.3 Å². The molecule has 0 spiro atoms. The Hall–Kier alpha value is -0.650. The summed E-state index contributed by atoms with van der Waals surface area (Å²) in [5.41, 5.74) is 6.38. The SMILES string of the molecule is CCN(CC)CCOC1CCN(C(=O)C2CC3CCCC(C2)C3N)C1.